The summed E-state index contributed by atoms with van der Waals surface area (Å²) in [6.07, 6.45) is 4.37. The smallest absolute Gasteiger partial charge is 0.317 e. The lowest BCUT2D eigenvalue weighted by Gasteiger charge is -2.25. The Kier molecular flexibility index (Phi) is 5.62. The number of benzene rings is 1. The number of urea groups is 1. The number of hydrogen-bond acceptors (Lipinski definition) is 3. The first-order valence-corrected chi connectivity index (χ1v) is 7.61. The zero-order chi connectivity index (χ0) is 16.8. The van der Waals surface area contributed by atoms with Crippen LogP contribution in [0.15, 0.2) is 36.7 Å². The van der Waals surface area contributed by atoms with E-state index >= 15 is 0 Å². The van der Waals surface area contributed by atoms with Crippen molar-refractivity contribution in [2.24, 2.45) is 7.05 Å². The topological polar surface area (TPSA) is 59.4 Å². The third-order valence-electron chi connectivity index (χ3n) is 3.89. The Morgan fingerprint density at radius 2 is 2.17 bits per heavy atom. The van der Waals surface area contributed by atoms with Crippen LogP contribution in [0.3, 0.4) is 0 Å². The molecule has 0 saturated carbocycles. The number of nitrogens with zero attached hydrogens (tertiary/aromatic N) is 3. The van der Waals surface area contributed by atoms with E-state index in [4.69, 9.17) is 4.74 Å². The van der Waals surface area contributed by atoms with Crippen LogP contribution in [-0.4, -0.2) is 40.9 Å². The van der Waals surface area contributed by atoms with Crippen LogP contribution in [-0.2, 0) is 20.0 Å². The van der Waals surface area contributed by atoms with E-state index in [-0.39, 0.29) is 12.1 Å². The second-order valence-electron chi connectivity index (χ2n) is 5.66. The summed E-state index contributed by atoms with van der Waals surface area (Å²) in [4.78, 5) is 14.0. The van der Waals surface area contributed by atoms with Gasteiger partial charge in [0, 0.05) is 38.4 Å². The van der Waals surface area contributed by atoms with E-state index in [1.807, 2.05) is 44.4 Å². The summed E-state index contributed by atoms with van der Waals surface area (Å²) in [5, 5.41) is 7.00. The number of nitrogens with one attached hydrogen (secondary N) is 1. The zero-order valence-corrected chi connectivity index (χ0v) is 14.1. The average Bonchev–Trinajstić information content (AvgIpc) is 2.97. The average molecular weight is 316 g/mol. The van der Waals surface area contributed by atoms with Crippen molar-refractivity contribution in [3.8, 4) is 5.75 Å². The molecule has 0 radical (unpaired) electrons. The molecular formula is C17H24N4O2. The van der Waals surface area contributed by atoms with Gasteiger partial charge in [0.05, 0.1) is 13.3 Å². The lowest BCUT2D eigenvalue weighted by molar-refractivity contribution is 0.193. The van der Waals surface area contributed by atoms with E-state index in [9.17, 15) is 4.79 Å². The van der Waals surface area contributed by atoms with Crippen LogP contribution in [0.5, 0.6) is 5.75 Å². The van der Waals surface area contributed by atoms with Crippen LogP contribution in [0.2, 0.25) is 0 Å². The molecule has 1 aromatic heterocycles. The summed E-state index contributed by atoms with van der Waals surface area (Å²) < 4.78 is 7.08. The Bertz CT molecular complexity index is 654. The first kappa shape index (κ1) is 16.9. The number of amides is 2. The lowest BCUT2D eigenvalue weighted by atomic mass is 10.1. The highest BCUT2D eigenvalue weighted by Gasteiger charge is 2.17. The maximum Gasteiger partial charge on any atom is 0.317 e. The third-order valence-corrected chi connectivity index (χ3v) is 3.89. The van der Waals surface area contributed by atoms with Crippen molar-refractivity contribution in [3.63, 3.8) is 0 Å². The van der Waals surface area contributed by atoms with Crippen LogP contribution in [0.1, 0.15) is 18.1 Å². The van der Waals surface area contributed by atoms with Gasteiger partial charge in [0.25, 0.3) is 0 Å². The molecule has 0 bridgehead atoms. The number of ether oxygens (including phenoxy) is 1. The van der Waals surface area contributed by atoms with E-state index in [0.717, 1.165) is 23.3 Å². The second kappa shape index (κ2) is 7.67. The number of rotatable bonds is 6. The van der Waals surface area contributed by atoms with Crippen molar-refractivity contribution in [2.45, 2.75) is 25.9 Å². The van der Waals surface area contributed by atoms with Gasteiger partial charge in [0.1, 0.15) is 5.75 Å². The van der Waals surface area contributed by atoms with Gasteiger partial charge in [-0.1, -0.05) is 18.2 Å². The number of likely N-dealkylation sites (N-methyl/N-ethyl adjacent to an activating group) is 1. The van der Waals surface area contributed by atoms with E-state index < -0.39 is 0 Å². The highest BCUT2D eigenvalue weighted by Crippen LogP contribution is 2.20. The van der Waals surface area contributed by atoms with Gasteiger partial charge < -0.3 is 15.0 Å². The number of methoxy groups -OCH3 is 1. The SMILES string of the molecule is COc1ccccc1C[C@H](C)N(C)C(=O)NCc1cnn(C)c1. The van der Waals surface area contributed by atoms with Gasteiger partial charge in [-0.3, -0.25) is 4.68 Å². The van der Waals surface area contributed by atoms with Gasteiger partial charge in [-0.2, -0.15) is 5.10 Å². The van der Waals surface area contributed by atoms with Crippen LogP contribution in [0, 0.1) is 0 Å². The molecule has 1 atom stereocenters. The molecule has 0 spiro atoms. The molecule has 2 amide bonds. The van der Waals surface area contributed by atoms with Gasteiger partial charge in [-0.15, -0.1) is 0 Å². The Balaban J connectivity index is 1.90. The predicted molar refractivity (Wildman–Crippen MR) is 89.4 cm³/mol. The minimum atomic E-state index is -0.101. The largest absolute Gasteiger partial charge is 0.496 e. The van der Waals surface area contributed by atoms with E-state index in [0.29, 0.717) is 6.54 Å². The molecule has 6 heteroatoms. The normalized spacial score (nSPS) is 11.8. The Morgan fingerprint density at radius 3 is 2.83 bits per heavy atom. The fraction of sp³-hybridized carbons (Fsp3) is 0.412. The van der Waals surface area contributed by atoms with Gasteiger partial charge in [0.15, 0.2) is 0 Å². The summed E-state index contributed by atoms with van der Waals surface area (Å²) >= 11 is 0. The van der Waals surface area contributed by atoms with Crippen LogP contribution in [0.4, 0.5) is 4.79 Å². The van der Waals surface area contributed by atoms with Gasteiger partial charge in [0.2, 0.25) is 0 Å². The molecule has 0 saturated heterocycles. The number of aromatic nitrogens is 2. The molecule has 0 aliphatic rings. The van der Waals surface area contributed by atoms with E-state index in [1.165, 1.54) is 0 Å². The van der Waals surface area contributed by atoms with Crippen LogP contribution < -0.4 is 10.1 Å². The number of hydrogen-bond donors (Lipinski definition) is 1. The second-order valence-corrected chi connectivity index (χ2v) is 5.66. The number of aryl methyl sites for hydroxylation is 1. The summed E-state index contributed by atoms with van der Waals surface area (Å²) in [6, 6.07) is 7.84. The van der Waals surface area contributed by atoms with Crippen LogP contribution in [0.25, 0.3) is 0 Å². The Hall–Kier alpha value is -2.50. The van der Waals surface area contributed by atoms with Crippen molar-refractivity contribution in [2.75, 3.05) is 14.2 Å². The molecule has 0 aliphatic heterocycles. The zero-order valence-electron chi connectivity index (χ0n) is 14.1. The number of carbonyl (C=O) groups excluding carboxylic acids is 1. The standard InChI is InChI=1S/C17H24N4O2/c1-13(9-15-7-5-6-8-16(15)23-4)21(3)17(22)18-10-14-11-19-20(2)12-14/h5-8,11-13H,9-10H2,1-4H3,(H,18,22)/t13-/m0/s1. The van der Waals surface area contributed by atoms with Crippen molar-refractivity contribution in [3.05, 3.63) is 47.8 Å². The molecule has 23 heavy (non-hydrogen) atoms. The third kappa shape index (κ3) is 4.48. The molecule has 2 aromatic rings. The number of carbonyl (C=O) groups is 1. The first-order valence-electron chi connectivity index (χ1n) is 7.61. The highest BCUT2D eigenvalue weighted by atomic mass is 16.5. The molecule has 6 nitrogen and oxygen atoms in total. The molecule has 124 valence electrons. The lowest BCUT2D eigenvalue weighted by Crippen LogP contribution is -2.43. The van der Waals surface area contributed by atoms with Crippen molar-refractivity contribution in [1.29, 1.82) is 0 Å². The number of para-hydroxylation sites is 1. The van der Waals surface area contributed by atoms with Crippen molar-refractivity contribution >= 4 is 6.03 Å². The molecular weight excluding hydrogens is 292 g/mol. The van der Waals surface area contributed by atoms with Crippen LogP contribution >= 0.6 is 0 Å². The predicted octanol–water partition coefficient (Wildman–Crippen LogP) is 2.20. The first-order chi connectivity index (χ1) is 11.0. The minimum Gasteiger partial charge on any atom is -0.496 e. The summed E-state index contributed by atoms with van der Waals surface area (Å²) in [6.45, 7) is 2.49. The Labute approximate surface area is 137 Å². The summed E-state index contributed by atoms with van der Waals surface area (Å²) in [5.41, 5.74) is 2.07. The molecule has 1 aromatic carbocycles. The van der Waals surface area contributed by atoms with Crippen molar-refractivity contribution in [1.82, 2.24) is 20.0 Å². The maximum atomic E-state index is 12.3. The quantitative estimate of drug-likeness (QED) is 0.889. The molecule has 1 heterocycles. The monoisotopic (exact) mass is 316 g/mol. The van der Waals surface area contributed by atoms with E-state index in [2.05, 4.69) is 10.4 Å². The Morgan fingerprint density at radius 1 is 1.43 bits per heavy atom. The highest BCUT2D eigenvalue weighted by molar-refractivity contribution is 5.74. The molecule has 0 unspecified atom stereocenters. The molecule has 0 aliphatic carbocycles. The maximum absolute atomic E-state index is 12.3. The molecule has 2 rings (SSSR count). The molecule has 1 N–H and O–H groups in total. The van der Waals surface area contributed by atoms with Gasteiger partial charge in [-0.05, 0) is 25.0 Å². The van der Waals surface area contributed by atoms with Gasteiger partial charge >= 0.3 is 6.03 Å². The summed E-state index contributed by atoms with van der Waals surface area (Å²) in [7, 11) is 5.32. The fourth-order valence-corrected chi connectivity index (χ4v) is 2.39. The minimum absolute atomic E-state index is 0.0557. The molecule has 0 fully saturated rings. The van der Waals surface area contributed by atoms with Crippen molar-refractivity contribution < 1.29 is 9.53 Å². The summed E-state index contributed by atoms with van der Waals surface area (Å²) in [5.74, 6) is 0.850. The van der Waals surface area contributed by atoms with Gasteiger partial charge in [-0.25, -0.2) is 4.79 Å². The van der Waals surface area contributed by atoms with E-state index in [1.54, 1.807) is 29.9 Å². The fourth-order valence-electron chi connectivity index (χ4n) is 2.39.